The fourth-order valence-corrected chi connectivity index (χ4v) is 9.80. The standard InChI is InChI=1S/C10H28O10P2S/c1-9-21(13-3,14-4,15-5)19-23(11,12)20-22(10-2,16-6,17-7)18-8/h9-10H2,1-8H3. The van der Waals surface area contributed by atoms with Crippen LogP contribution >= 0.6 is 15.0 Å². The zero-order chi connectivity index (χ0) is 18.5. The summed E-state index contributed by atoms with van der Waals surface area (Å²) in [7, 11) is -6.26. The summed E-state index contributed by atoms with van der Waals surface area (Å²) in [6.45, 7) is 3.18. The quantitative estimate of drug-likeness (QED) is 0.452. The van der Waals surface area contributed by atoms with Crippen molar-refractivity contribution in [1.82, 2.24) is 0 Å². The van der Waals surface area contributed by atoms with E-state index in [0.717, 1.165) is 0 Å². The Labute approximate surface area is 138 Å². The van der Waals surface area contributed by atoms with Gasteiger partial charge in [0.1, 0.15) is 0 Å². The molecule has 0 heterocycles. The normalized spacial score (nSPS) is 17.2. The van der Waals surface area contributed by atoms with E-state index in [4.69, 9.17) is 35.1 Å². The summed E-state index contributed by atoms with van der Waals surface area (Å²) in [4.78, 5) is 0. The molecule has 0 aliphatic heterocycles. The second kappa shape index (κ2) is 7.80. The molecular weight excluding hydrogens is 374 g/mol. The van der Waals surface area contributed by atoms with E-state index in [-0.39, 0.29) is 12.3 Å². The molecular formula is C10H28O10P2S. The van der Waals surface area contributed by atoms with Gasteiger partial charge in [-0.2, -0.15) is 0 Å². The van der Waals surface area contributed by atoms with Crippen molar-refractivity contribution in [2.45, 2.75) is 13.8 Å². The van der Waals surface area contributed by atoms with E-state index in [9.17, 15) is 8.42 Å². The Morgan fingerprint density at radius 2 is 0.826 bits per heavy atom. The minimum absolute atomic E-state index is 0.00723. The molecule has 0 aliphatic rings. The molecule has 0 amide bonds. The molecule has 0 radical (unpaired) electrons. The number of rotatable bonds is 12. The Bertz CT molecular complexity index is 403. The number of hydrogen-bond donors (Lipinski definition) is 0. The van der Waals surface area contributed by atoms with Crippen molar-refractivity contribution in [3.8, 4) is 0 Å². The molecule has 0 N–H and O–H groups in total. The Kier molecular flexibility index (Phi) is 7.97. The van der Waals surface area contributed by atoms with E-state index in [1.807, 2.05) is 0 Å². The van der Waals surface area contributed by atoms with Crippen molar-refractivity contribution in [2.24, 2.45) is 0 Å². The van der Waals surface area contributed by atoms with Gasteiger partial charge in [-0.3, -0.25) is 0 Å². The predicted octanol–water partition coefficient (Wildman–Crippen LogP) is 2.61. The van der Waals surface area contributed by atoms with Crippen LogP contribution in [0, 0.1) is 0 Å². The van der Waals surface area contributed by atoms with Crippen molar-refractivity contribution in [2.75, 3.05) is 55.0 Å². The average Bonchev–Trinajstić information content (AvgIpc) is 2.59. The first kappa shape index (κ1) is 23.5. The molecule has 144 valence electrons. The third kappa shape index (κ3) is 4.37. The van der Waals surface area contributed by atoms with Crippen molar-refractivity contribution in [3.63, 3.8) is 0 Å². The van der Waals surface area contributed by atoms with E-state index in [2.05, 4.69) is 0 Å². The topological polar surface area (TPSA) is 108 Å². The van der Waals surface area contributed by atoms with Gasteiger partial charge in [0.15, 0.2) is 0 Å². The molecule has 0 aromatic rings. The molecule has 0 aromatic heterocycles. The molecule has 0 atom stereocenters. The van der Waals surface area contributed by atoms with E-state index < -0.39 is 25.4 Å². The van der Waals surface area contributed by atoms with Gasteiger partial charge in [-0.05, 0) is 0 Å². The number of hydrogen-bond acceptors (Lipinski definition) is 10. The summed E-state index contributed by atoms with van der Waals surface area (Å²) in [6.07, 6.45) is -0.0145. The van der Waals surface area contributed by atoms with Gasteiger partial charge in [0, 0.05) is 0 Å². The molecule has 0 saturated carbocycles. The van der Waals surface area contributed by atoms with E-state index in [0.29, 0.717) is 0 Å². The van der Waals surface area contributed by atoms with Crippen LogP contribution in [0.25, 0.3) is 0 Å². The molecule has 23 heavy (non-hydrogen) atoms. The van der Waals surface area contributed by atoms with E-state index >= 15 is 0 Å². The molecule has 0 bridgehead atoms. The van der Waals surface area contributed by atoms with Crippen LogP contribution in [0.2, 0.25) is 0 Å². The first-order chi connectivity index (χ1) is 10.5. The van der Waals surface area contributed by atoms with Crippen molar-refractivity contribution >= 4 is 25.4 Å². The van der Waals surface area contributed by atoms with Gasteiger partial charge < -0.3 is 0 Å². The molecule has 0 saturated heterocycles. The van der Waals surface area contributed by atoms with Crippen molar-refractivity contribution in [1.29, 1.82) is 0 Å². The fourth-order valence-electron chi connectivity index (χ4n) is 1.88. The summed E-state index contributed by atoms with van der Waals surface area (Å²) in [5.41, 5.74) is 0. The maximum atomic E-state index is 12.5. The van der Waals surface area contributed by atoms with Crippen molar-refractivity contribution < 1.29 is 43.5 Å². The molecule has 0 aliphatic carbocycles. The molecule has 10 nitrogen and oxygen atoms in total. The molecule has 13 heteroatoms. The third-order valence-corrected chi connectivity index (χ3v) is 13.7. The van der Waals surface area contributed by atoms with Crippen LogP contribution in [-0.4, -0.2) is 63.4 Å². The van der Waals surface area contributed by atoms with Crippen LogP contribution in [0.1, 0.15) is 13.8 Å². The molecule has 0 rings (SSSR count). The first-order valence-corrected chi connectivity index (χ1v) is 12.1. The van der Waals surface area contributed by atoms with Crippen LogP contribution in [-0.2, 0) is 45.5 Å². The van der Waals surface area contributed by atoms with Gasteiger partial charge >= 0.3 is 138 Å². The fraction of sp³-hybridized carbons (Fsp3) is 1.00. The van der Waals surface area contributed by atoms with E-state index in [1.165, 1.54) is 42.7 Å². The predicted molar refractivity (Wildman–Crippen MR) is 88.1 cm³/mol. The molecule has 0 fully saturated rings. The van der Waals surface area contributed by atoms with Gasteiger partial charge in [-0.15, -0.1) is 0 Å². The summed E-state index contributed by atoms with van der Waals surface area (Å²) in [6, 6.07) is 0. The maximum absolute atomic E-state index is 12.5. The zero-order valence-electron chi connectivity index (χ0n) is 14.8. The van der Waals surface area contributed by atoms with Gasteiger partial charge in [0.2, 0.25) is 0 Å². The average molecular weight is 402 g/mol. The Morgan fingerprint density at radius 3 is 0.957 bits per heavy atom. The van der Waals surface area contributed by atoms with Crippen LogP contribution in [0.3, 0.4) is 0 Å². The third-order valence-electron chi connectivity index (χ3n) is 3.62. The minimum atomic E-state index is -4.74. The summed E-state index contributed by atoms with van der Waals surface area (Å²) in [5, 5.41) is 0. The summed E-state index contributed by atoms with van der Waals surface area (Å²) >= 11 is 0. The zero-order valence-corrected chi connectivity index (χ0v) is 17.4. The Balaban J connectivity index is 5.93. The Morgan fingerprint density at radius 1 is 0.609 bits per heavy atom. The van der Waals surface area contributed by atoms with Crippen LogP contribution in [0.4, 0.5) is 0 Å². The Hall–Kier alpha value is 0.490. The van der Waals surface area contributed by atoms with E-state index in [1.54, 1.807) is 13.8 Å². The summed E-state index contributed by atoms with van der Waals surface area (Å²) < 4.78 is 66.3. The SMILES string of the molecule is CCP(OC)(OC)(OC)OS(=O)(=O)OP(CC)(OC)(OC)OC. The molecule has 0 unspecified atom stereocenters. The van der Waals surface area contributed by atoms with Gasteiger partial charge in [-0.1, -0.05) is 0 Å². The van der Waals surface area contributed by atoms with Gasteiger partial charge in [0.05, 0.1) is 0 Å². The van der Waals surface area contributed by atoms with Gasteiger partial charge in [-0.25, -0.2) is 0 Å². The van der Waals surface area contributed by atoms with Gasteiger partial charge in [0.25, 0.3) is 0 Å². The molecule has 0 aromatic carbocycles. The summed E-state index contributed by atoms with van der Waals surface area (Å²) in [5.74, 6) is 0. The van der Waals surface area contributed by atoms with Crippen molar-refractivity contribution in [3.05, 3.63) is 0 Å². The second-order valence-electron chi connectivity index (χ2n) is 4.21. The van der Waals surface area contributed by atoms with Crippen LogP contribution < -0.4 is 0 Å². The molecule has 0 spiro atoms. The monoisotopic (exact) mass is 402 g/mol. The van der Waals surface area contributed by atoms with Crippen LogP contribution in [0.5, 0.6) is 0 Å². The second-order valence-corrected chi connectivity index (χ2v) is 13.5. The van der Waals surface area contributed by atoms with Crippen LogP contribution in [0.15, 0.2) is 0 Å². The first-order valence-electron chi connectivity index (χ1n) is 6.62.